The number of carbonyl (C=O) groups is 3. The number of aliphatic carboxylic acids is 2. The molecule has 21 heavy (non-hydrogen) atoms. The minimum atomic E-state index is -1.35. The number of carbonyl (C=O) groups excluding carboxylic acids is 1. The molecule has 3 rings (SSSR count). The van der Waals surface area contributed by atoms with Crippen molar-refractivity contribution in [2.45, 2.75) is 6.42 Å². The van der Waals surface area contributed by atoms with Crippen LogP contribution in [0.25, 0.3) is 0 Å². The van der Waals surface area contributed by atoms with Gasteiger partial charge in [-0.25, -0.2) is 0 Å². The van der Waals surface area contributed by atoms with Gasteiger partial charge in [0.2, 0.25) is 0 Å². The largest absolute Gasteiger partial charge is 0.481 e. The van der Waals surface area contributed by atoms with Gasteiger partial charge in [-0.05, 0) is 24.6 Å². The molecule has 1 aromatic carbocycles. The number of hydrogen-bond donors (Lipinski definition) is 2. The summed E-state index contributed by atoms with van der Waals surface area (Å²) in [6.45, 7) is -0.167. The summed E-state index contributed by atoms with van der Waals surface area (Å²) in [7, 11) is 0. The van der Waals surface area contributed by atoms with Gasteiger partial charge >= 0.3 is 11.9 Å². The first-order chi connectivity index (χ1) is 9.82. The molecule has 110 valence electrons. The van der Waals surface area contributed by atoms with Gasteiger partial charge in [0.05, 0.1) is 0 Å². The van der Waals surface area contributed by atoms with E-state index in [-0.39, 0.29) is 19.5 Å². The molecular weight excluding hydrogens is 298 g/mol. The number of rotatable bonds is 3. The normalized spacial score (nSPS) is 29.9. The van der Waals surface area contributed by atoms with E-state index in [1.54, 1.807) is 18.2 Å². The fourth-order valence-electron chi connectivity index (χ4n) is 3.24. The lowest BCUT2D eigenvalue weighted by molar-refractivity contribution is -0.151. The molecule has 2 N–H and O–H groups in total. The number of halogens is 1. The first kappa shape index (κ1) is 13.9. The van der Waals surface area contributed by atoms with Gasteiger partial charge in [0.1, 0.15) is 10.8 Å². The topological polar surface area (TPSA) is 94.9 Å². The lowest BCUT2D eigenvalue weighted by atomic mass is 9.97. The molecule has 0 bridgehead atoms. The first-order valence-corrected chi connectivity index (χ1v) is 6.72. The summed E-state index contributed by atoms with van der Waals surface area (Å²) in [4.78, 5) is 36.5. The maximum absolute atomic E-state index is 12.4. The SMILES string of the molecule is O=C(c1cccc(Cl)c1)N1C[C@@]2(C(=O)O)C[C@@]2(C(=O)O)C1. The van der Waals surface area contributed by atoms with Crippen molar-refractivity contribution in [2.24, 2.45) is 10.8 Å². The van der Waals surface area contributed by atoms with E-state index in [1.807, 2.05) is 0 Å². The van der Waals surface area contributed by atoms with Crippen LogP contribution in [0.1, 0.15) is 16.8 Å². The van der Waals surface area contributed by atoms with Gasteiger partial charge in [-0.1, -0.05) is 17.7 Å². The van der Waals surface area contributed by atoms with Crippen LogP contribution in [-0.2, 0) is 9.59 Å². The van der Waals surface area contributed by atoms with Gasteiger partial charge in [-0.15, -0.1) is 0 Å². The van der Waals surface area contributed by atoms with Crippen LogP contribution in [0.3, 0.4) is 0 Å². The van der Waals surface area contributed by atoms with Crippen molar-refractivity contribution in [3.8, 4) is 0 Å². The second-order valence-electron chi connectivity index (χ2n) is 5.62. The van der Waals surface area contributed by atoms with Crippen LogP contribution in [-0.4, -0.2) is 46.0 Å². The molecule has 6 nitrogen and oxygen atoms in total. The minimum absolute atomic E-state index is 0.0734. The molecule has 0 aromatic heterocycles. The molecular formula is C14H12ClNO5. The van der Waals surface area contributed by atoms with Crippen molar-refractivity contribution in [1.29, 1.82) is 0 Å². The molecule has 2 atom stereocenters. The Labute approximate surface area is 124 Å². The maximum Gasteiger partial charge on any atom is 0.312 e. The molecule has 2 aliphatic rings. The van der Waals surface area contributed by atoms with Crippen LogP contribution in [0.4, 0.5) is 0 Å². The van der Waals surface area contributed by atoms with Crippen molar-refractivity contribution in [1.82, 2.24) is 4.90 Å². The molecule has 1 aliphatic heterocycles. The average molecular weight is 310 g/mol. The van der Waals surface area contributed by atoms with Crippen LogP contribution in [0.5, 0.6) is 0 Å². The summed E-state index contributed by atoms with van der Waals surface area (Å²) in [5.74, 6) is -2.72. The zero-order chi connectivity index (χ0) is 15.4. The third kappa shape index (κ3) is 1.75. The molecule has 1 heterocycles. The molecule has 1 aliphatic carbocycles. The number of carboxylic acid groups (broad SMARTS) is 2. The number of benzene rings is 1. The van der Waals surface area contributed by atoms with E-state index in [4.69, 9.17) is 11.6 Å². The lowest BCUT2D eigenvalue weighted by Gasteiger charge is -2.20. The number of piperidine rings is 1. The van der Waals surface area contributed by atoms with Crippen LogP contribution in [0.15, 0.2) is 24.3 Å². The number of amides is 1. The van der Waals surface area contributed by atoms with E-state index in [1.165, 1.54) is 11.0 Å². The van der Waals surface area contributed by atoms with Gasteiger partial charge in [0.25, 0.3) is 5.91 Å². The Balaban J connectivity index is 1.89. The van der Waals surface area contributed by atoms with Crippen molar-refractivity contribution >= 4 is 29.4 Å². The fraction of sp³-hybridized carbons (Fsp3) is 0.357. The van der Waals surface area contributed by atoms with Crippen molar-refractivity contribution in [3.05, 3.63) is 34.9 Å². The molecule has 2 fully saturated rings. The monoisotopic (exact) mass is 309 g/mol. The summed E-state index contributed by atoms with van der Waals surface area (Å²) in [5, 5.41) is 19.0. The Morgan fingerprint density at radius 2 is 1.67 bits per heavy atom. The Morgan fingerprint density at radius 3 is 2.14 bits per heavy atom. The number of nitrogens with zero attached hydrogens (tertiary/aromatic N) is 1. The summed E-state index contributed by atoms with van der Waals surface area (Å²) >= 11 is 5.83. The van der Waals surface area contributed by atoms with Crippen LogP contribution < -0.4 is 0 Å². The highest BCUT2D eigenvalue weighted by molar-refractivity contribution is 6.31. The smallest absolute Gasteiger partial charge is 0.312 e. The number of carboxylic acids is 2. The van der Waals surface area contributed by atoms with E-state index in [9.17, 15) is 24.6 Å². The predicted octanol–water partition coefficient (Wildman–Crippen LogP) is 1.34. The first-order valence-electron chi connectivity index (χ1n) is 6.34. The van der Waals surface area contributed by atoms with Crippen molar-refractivity contribution in [2.75, 3.05) is 13.1 Å². The zero-order valence-corrected chi connectivity index (χ0v) is 11.6. The summed E-state index contributed by atoms with van der Waals surface area (Å²) in [5.41, 5.74) is -2.38. The second kappa shape index (κ2) is 4.21. The predicted molar refractivity (Wildman–Crippen MR) is 72.1 cm³/mol. The molecule has 0 spiro atoms. The molecule has 1 saturated carbocycles. The highest BCUT2D eigenvalue weighted by atomic mass is 35.5. The van der Waals surface area contributed by atoms with Crippen molar-refractivity contribution < 1.29 is 24.6 Å². The number of hydrogen-bond acceptors (Lipinski definition) is 3. The Morgan fingerprint density at radius 1 is 1.10 bits per heavy atom. The third-order valence-electron chi connectivity index (χ3n) is 4.49. The highest BCUT2D eigenvalue weighted by Gasteiger charge is 2.81. The van der Waals surface area contributed by atoms with Gasteiger partial charge in [0.15, 0.2) is 0 Å². The minimum Gasteiger partial charge on any atom is -0.481 e. The lowest BCUT2D eigenvalue weighted by Crippen LogP contribution is -2.34. The molecule has 7 heteroatoms. The van der Waals surface area contributed by atoms with Gasteiger partial charge in [0, 0.05) is 23.7 Å². The zero-order valence-electron chi connectivity index (χ0n) is 10.9. The van der Waals surface area contributed by atoms with E-state index in [0.717, 1.165) is 0 Å². The van der Waals surface area contributed by atoms with E-state index in [0.29, 0.717) is 10.6 Å². The van der Waals surface area contributed by atoms with Crippen molar-refractivity contribution in [3.63, 3.8) is 0 Å². The molecule has 1 saturated heterocycles. The van der Waals surface area contributed by atoms with Gasteiger partial charge < -0.3 is 15.1 Å². The van der Waals surface area contributed by atoms with Gasteiger partial charge in [-0.2, -0.15) is 0 Å². The fourth-order valence-corrected chi connectivity index (χ4v) is 3.43. The van der Waals surface area contributed by atoms with E-state index < -0.39 is 28.7 Å². The molecule has 0 radical (unpaired) electrons. The van der Waals surface area contributed by atoms with E-state index in [2.05, 4.69) is 0 Å². The van der Waals surface area contributed by atoms with E-state index >= 15 is 0 Å². The quantitative estimate of drug-likeness (QED) is 0.878. The molecule has 1 amide bonds. The maximum atomic E-state index is 12.4. The summed E-state index contributed by atoms with van der Waals surface area (Å²) in [6.07, 6.45) is 0.0734. The van der Waals surface area contributed by atoms with Crippen LogP contribution in [0, 0.1) is 10.8 Å². The third-order valence-corrected chi connectivity index (χ3v) is 4.73. The summed E-state index contributed by atoms with van der Waals surface area (Å²) in [6, 6.07) is 6.29. The van der Waals surface area contributed by atoms with Crippen LogP contribution >= 0.6 is 11.6 Å². The standard InChI is InChI=1S/C14H12ClNO5/c15-9-3-1-2-8(4-9)10(17)16-6-13(11(18)19)5-14(13,7-16)12(20)21/h1-4H,5-7H2,(H,18,19)(H,20,21)/t13-,14+. The Hall–Kier alpha value is -2.08. The Bertz CT molecular complexity index is 647. The summed E-state index contributed by atoms with van der Waals surface area (Å²) < 4.78 is 0. The molecule has 1 aromatic rings. The number of fused-ring (bicyclic) bond motifs is 1. The average Bonchev–Trinajstić information content (AvgIpc) is 2.97. The molecule has 0 unspecified atom stereocenters. The van der Waals surface area contributed by atoms with Gasteiger partial charge in [-0.3, -0.25) is 14.4 Å². The van der Waals surface area contributed by atoms with Crippen LogP contribution in [0.2, 0.25) is 5.02 Å². The number of likely N-dealkylation sites (tertiary alicyclic amines) is 1. The Kier molecular flexibility index (Phi) is 2.78. The highest BCUT2D eigenvalue weighted by Crippen LogP contribution is 2.68. The second-order valence-corrected chi connectivity index (χ2v) is 6.06.